The Morgan fingerprint density at radius 3 is 1.71 bits per heavy atom. The molecule has 14 heteroatoms. The van der Waals surface area contributed by atoms with Gasteiger partial charge in [-0.15, -0.1) is 3.77 Å². The van der Waals surface area contributed by atoms with Crippen molar-refractivity contribution in [3.8, 4) is 0 Å². The van der Waals surface area contributed by atoms with Crippen LogP contribution in [0.15, 0.2) is 3.77 Å². The van der Waals surface area contributed by atoms with Crippen LogP contribution in [-0.2, 0) is 33.0 Å². The predicted molar refractivity (Wildman–Crippen MR) is 67.9 cm³/mol. The first-order chi connectivity index (χ1) is 8.85. The van der Waals surface area contributed by atoms with Gasteiger partial charge in [0.25, 0.3) is 10.0 Å². The fourth-order valence-electron chi connectivity index (χ4n) is 1.11. The molecule has 0 aliphatic heterocycles. The minimum Gasteiger partial charge on any atom is -0.377 e. The molecule has 122 valence electrons. The van der Waals surface area contributed by atoms with E-state index < -0.39 is 39.8 Å². The molecule has 0 saturated heterocycles. The van der Waals surface area contributed by atoms with E-state index in [2.05, 4.69) is 3.77 Å². The molecule has 0 N–H and O–H groups in total. The van der Waals surface area contributed by atoms with Gasteiger partial charge in [-0.2, -0.15) is 13.2 Å². The van der Waals surface area contributed by atoms with Crippen molar-refractivity contribution in [1.82, 2.24) is 0 Å². The van der Waals surface area contributed by atoms with Crippen LogP contribution in [0.1, 0.15) is 0 Å². The van der Waals surface area contributed by atoms with E-state index in [1.54, 1.807) is 0 Å². The Hall–Kier alpha value is 1.42. The fraction of sp³-hybridized carbons (Fsp3) is 1.00. The van der Waals surface area contributed by atoms with Crippen molar-refractivity contribution in [2.75, 3.05) is 33.3 Å². The second-order valence-electron chi connectivity index (χ2n) is 3.65. The number of sulfonamides is 1. The van der Waals surface area contributed by atoms with Gasteiger partial charge in [-0.05, 0) is 0 Å². The maximum atomic E-state index is 12.3. The number of nitrogens with zero attached hydrogens (tertiary/aromatic N) is 1. The van der Waals surface area contributed by atoms with Crippen molar-refractivity contribution in [3.63, 3.8) is 0 Å². The fourth-order valence-corrected chi connectivity index (χ4v) is 6.62. The van der Waals surface area contributed by atoms with Crippen LogP contribution in [0.5, 0.6) is 0 Å². The SMILES string of the molecule is CO[Si](CCS(=O)(=O)N=S(C)(=O)C(F)(F)F)(OC)OC.[K+]. The molecular formula is C7H16F3KNO6S2Si+. The van der Waals surface area contributed by atoms with E-state index in [9.17, 15) is 25.8 Å². The van der Waals surface area contributed by atoms with Gasteiger partial charge in [0.15, 0.2) is 9.73 Å². The van der Waals surface area contributed by atoms with E-state index in [1.165, 1.54) is 21.3 Å². The smallest absolute Gasteiger partial charge is 0.377 e. The maximum Gasteiger partial charge on any atom is 1.00 e. The van der Waals surface area contributed by atoms with E-state index in [-0.39, 0.29) is 63.7 Å². The van der Waals surface area contributed by atoms with Crippen molar-refractivity contribution < 1.29 is 90.5 Å². The van der Waals surface area contributed by atoms with Crippen molar-refractivity contribution >= 4 is 28.6 Å². The summed E-state index contributed by atoms with van der Waals surface area (Å²) in [7, 11) is -9.01. The van der Waals surface area contributed by atoms with Crippen molar-refractivity contribution in [3.05, 3.63) is 0 Å². The molecule has 0 aliphatic rings. The van der Waals surface area contributed by atoms with E-state index in [0.717, 1.165) is 0 Å². The van der Waals surface area contributed by atoms with Gasteiger partial charge in [-0.3, -0.25) is 0 Å². The maximum absolute atomic E-state index is 12.3. The molecule has 0 bridgehead atoms. The molecule has 0 rings (SSSR count). The third-order valence-corrected chi connectivity index (χ3v) is 9.00. The summed E-state index contributed by atoms with van der Waals surface area (Å²) in [4.78, 5) is 0. The topological polar surface area (TPSA) is 91.3 Å². The summed E-state index contributed by atoms with van der Waals surface area (Å²) in [5.74, 6) is -0.824. The molecule has 0 amide bonds. The molecule has 1 unspecified atom stereocenters. The van der Waals surface area contributed by atoms with Crippen LogP contribution in [0.4, 0.5) is 13.2 Å². The predicted octanol–water partition coefficient (Wildman–Crippen LogP) is -2.18. The zero-order valence-electron chi connectivity index (χ0n) is 12.3. The summed E-state index contributed by atoms with van der Waals surface area (Å²) < 4.78 is 88.4. The number of hydrogen-bond acceptors (Lipinski definition) is 6. The van der Waals surface area contributed by atoms with Crippen LogP contribution >= 0.6 is 0 Å². The molecule has 1 atom stereocenters. The minimum atomic E-state index is -5.22. The molecule has 0 heterocycles. The third kappa shape index (κ3) is 7.69. The van der Waals surface area contributed by atoms with E-state index >= 15 is 0 Å². The zero-order chi connectivity index (χ0) is 16.2. The quantitative estimate of drug-likeness (QED) is 0.453. The zero-order valence-corrected chi connectivity index (χ0v) is 18.0. The summed E-state index contributed by atoms with van der Waals surface area (Å²) in [6.45, 7) is 0. The standard InChI is InChI=1S/C7H16F3NO6S2Si.K/c1-15-20(16-2,17-3)6-5-19(13,14)11-18(4,12)7(8,9)10;/h5-6H2,1-4H3;/q;+1. The van der Waals surface area contributed by atoms with E-state index in [0.29, 0.717) is 0 Å². The van der Waals surface area contributed by atoms with E-state index in [1.807, 2.05) is 0 Å². The van der Waals surface area contributed by atoms with Gasteiger partial charge in [-0.1, -0.05) is 0 Å². The molecule has 0 aromatic carbocycles. The number of alkyl halides is 3. The molecule has 0 spiro atoms. The number of halogens is 3. The summed E-state index contributed by atoms with van der Waals surface area (Å²) >= 11 is 0. The van der Waals surface area contributed by atoms with Crippen LogP contribution in [0.2, 0.25) is 6.04 Å². The van der Waals surface area contributed by atoms with Gasteiger partial charge in [0.2, 0.25) is 0 Å². The molecule has 0 aromatic rings. The summed E-state index contributed by atoms with van der Waals surface area (Å²) in [5, 5.41) is 0. The van der Waals surface area contributed by atoms with Gasteiger partial charge in [-0.25, -0.2) is 12.6 Å². The van der Waals surface area contributed by atoms with Crippen LogP contribution in [0.3, 0.4) is 0 Å². The average Bonchev–Trinajstić information content (AvgIpc) is 2.28. The Morgan fingerprint density at radius 2 is 1.43 bits per heavy atom. The van der Waals surface area contributed by atoms with Crippen LogP contribution in [0.25, 0.3) is 0 Å². The second kappa shape index (κ2) is 9.05. The summed E-state index contributed by atoms with van der Waals surface area (Å²) in [5.41, 5.74) is -5.22. The molecular weight excluding hydrogens is 382 g/mol. The number of hydrogen-bond donors (Lipinski definition) is 0. The van der Waals surface area contributed by atoms with Gasteiger partial charge >= 0.3 is 65.7 Å². The molecule has 21 heavy (non-hydrogen) atoms. The Balaban J connectivity index is 0. The van der Waals surface area contributed by atoms with Crippen molar-refractivity contribution in [1.29, 1.82) is 0 Å². The van der Waals surface area contributed by atoms with E-state index in [4.69, 9.17) is 13.3 Å². The molecule has 7 nitrogen and oxygen atoms in total. The molecule has 0 fully saturated rings. The van der Waals surface area contributed by atoms with Gasteiger partial charge in [0, 0.05) is 33.6 Å². The van der Waals surface area contributed by atoms with Crippen LogP contribution < -0.4 is 51.4 Å². The first kappa shape index (κ1) is 24.7. The number of rotatable bonds is 7. The normalized spacial score (nSPS) is 16.0. The molecule has 0 aliphatic carbocycles. The largest absolute Gasteiger partial charge is 1.00 e. The molecule has 0 aromatic heterocycles. The summed E-state index contributed by atoms with van der Waals surface area (Å²) in [6, 6.07) is -0.310. The summed E-state index contributed by atoms with van der Waals surface area (Å²) in [6.07, 6.45) is 0.220. The Bertz CT molecular complexity index is 533. The monoisotopic (exact) mass is 398 g/mol. The van der Waals surface area contributed by atoms with Crippen LogP contribution in [0, 0.1) is 0 Å². The van der Waals surface area contributed by atoms with Crippen molar-refractivity contribution in [2.24, 2.45) is 3.77 Å². The first-order valence-electron chi connectivity index (χ1n) is 5.02. The molecule has 0 radical (unpaired) electrons. The Labute approximate surface area is 165 Å². The second-order valence-corrected chi connectivity index (χ2v) is 11.0. The van der Waals surface area contributed by atoms with Crippen LogP contribution in [-0.4, -0.2) is 60.3 Å². The minimum absolute atomic E-state index is 0. The first-order valence-corrected chi connectivity index (χ1v) is 10.5. The third-order valence-electron chi connectivity index (χ3n) is 2.28. The Morgan fingerprint density at radius 1 is 1.05 bits per heavy atom. The molecule has 0 saturated carbocycles. The van der Waals surface area contributed by atoms with Gasteiger partial charge in [0.1, 0.15) is 0 Å². The Kier molecular flexibility index (Phi) is 10.6. The van der Waals surface area contributed by atoms with Gasteiger partial charge in [0.05, 0.1) is 5.75 Å². The van der Waals surface area contributed by atoms with Gasteiger partial charge < -0.3 is 13.3 Å². The average molecular weight is 399 g/mol. The van der Waals surface area contributed by atoms with Crippen molar-refractivity contribution in [2.45, 2.75) is 11.6 Å².